The molecule has 0 aromatic heterocycles. The Bertz CT molecular complexity index is 1050. The Morgan fingerprint density at radius 3 is 2.55 bits per heavy atom. The molecule has 0 bridgehead atoms. The van der Waals surface area contributed by atoms with Gasteiger partial charge in [0.1, 0.15) is 23.5 Å². The number of hydrogen-bond acceptors (Lipinski definition) is 4. The van der Waals surface area contributed by atoms with Crippen LogP contribution in [0.25, 0.3) is 0 Å². The highest BCUT2D eigenvalue weighted by Gasteiger charge is 2.29. The molecular weight excluding hydrogens is 391 g/mol. The molecule has 0 fully saturated rings. The first kappa shape index (κ1) is 19.4. The lowest BCUT2D eigenvalue weighted by Crippen LogP contribution is -2.33. The molecule has 3 aromatic carbocycles. The molecule has 1 heterocycles. The number of aliphatic imine (C=N–C) groups is 1. The zero-order valence-corrected chi connectivity index (χ0v) is 16.5. The van der Waals surface area contributed by atoms with Crippen molar-refractivity contribution in [2.45, 2.75) is 18.6 Å². The number of halogens is 2. The zero-order valence-electron chi connectivity index (χ0n) is 15.8. The lowest BCUT2D eigenvalue weighted by Gasteiger charge is -2.31. The van der Waals surface area contributed by atoms with Crippen LogP contribution in [0.5, 0.6) is 11.5 Å². The number of phenolic OH excluding ortho intramolecular Hbond substituents is 1. The Hall–Kier alpha value is -2.89. The molecule has 0 amide bonds. The van der Waals surface area contributed by atoms with Crippen molar-refractivity contribution in [1.29, 1.82) is 0 Å². The molecule has 1 aliphatic heterocycles. The summed E-state index contributed by atoms with van der Waals surface area (Å²) in [6.45, 7) is 0. The van der Waals surface area contributed by atoms with Gasteiger partial charge in [0.2, 0.25) is 0 Å². The van der Waals surface area contributed by atoms with Crippen molar-refractivity contribution in [3.63, 3.8) is 0 Å². The lowest BCUT2D eigenvalue weighted by atomic mass is 9.93. The third-order valence-electron chi connectivity index (χ3n) is 5.03. The van der Waals surface area contributed by atoms with Crippen LogP contribution < -0.4 is 10.1 Å². The maximum Gasteiger partial charge on any atom is 0.129 e. The van der Waals surface area contributed by atoms with Gasteiger partial charge >= 0.3 is 0 Å². The highest BCUT2D eigenvalue weighted by molar-refractivity contribution is 6.30. The first-order valence-corrected chi connectivity index (χ1v) is 9.63. The van der Waals surface area contributed by atoms with Crippen molar-refractivity contribution in [1.82, 2.24) is 5.32 Å². The van der Waals surface area contributed by atoms with Crippen LogP contribution in [0.15, 0.2) is 71.7 Å². The Balaban J connectivity index is 1.77. The molecule has 6 heteroatoms. The number of nitrogens with zero attached hydrogens (tertiary/aromatic N) is 1. The second-order valence-electron chi connectivity index (χ2n) is 6.85. The molecule has 0 saturated heterocycles. The van der Waals surface area contributed by atoms with E-state index in [2.05, 4.69) is 5.32 Å². The van der Waals surface area contributed by atoms with Crippen molar-refractivity contribution in [2.75, 3.05) is 7.11 Å². The molecule has 2 N–H and O–H groups in total. The van der Waals surface area contributed by atoms with Crippen molar-refractivity contribution in [3.8, 4) is 11.5 Å². The van der Waals surface area contributed by atoms with Gasteiger partial charge in [0.25, 0.3) is 0 Å². The zero-order chi connectivity index (χ0) is 20.4. The smallest absolute Gasteiger partial charge is 0.129 e. The predicted molar refractivity (Wildman–Crippen MR) is 112 cm³/mol. The Labute approximate surface area is 173 Å². The molecule has 29 heavy (non-hydrogen) atoms. The van der Waals surface area contributed by atoms with Gasteiger partial charge in [0, 0.05) is 34.3 Å². The first-order valence-electron chi connectivity index (χ1n) is 9.25. The molecule has 0 saturated carbocycles. The topological polar surface area (TPSA) is 53.8 Å². The number of methoxy groups -OCH3 is 1. The van der Waals surface area contributed by atoms with Gasteiger partial charge in [-0.2, -0.15) is 0 Å². The van der Waals surface area contributed by atoms with Crippen LogP contribution in [0.3, 0.4) is 0 Å². The summed E-state index contributed by atoms with van der Waals surface area (Å²) in [7, 11) is 1.61. The fraction of sp³-hybridized carbons (Fsp3) is 0.174. The van der Waals surface area contributed by atoms with E-state index in [0.717, 1.165) is 17.0 Å². The molecule has 0 aliphatic carbocycles. The molecule has 3 aromatic rings. The second-order valence-corrected chi connectivity index (χ2v) is 7.29. The van der Waals surface area contributed by atoms with E-state index in [1.807, 2.05) is 24.3 Å². The minimum Gasteiger partial charge on any atom is -0.508 e. The van der Waals surface area contributed by atoms with Crippen LogP contribution in [0, 0.1) is 5.82 Å². The molecule has 0 unspecified atom stereocenters. The molecule has 2 atom stereocenters. The second kappa shape index (κ2) is 8.23. The van der Waals surface area contributed by atoms with E-state index in [9.17, 15) is 9.50 Å². The molecule has 148 valence electrons. The quantitative estimate of drug-likeness (QED) is 0.604. The summed E-state index contributed by atoms with van der Waals surface area (Å²) in [5.41, 5.74) is 2.83. The van der Waals surface area contributed by atoms with Gasteiger partial charge < -0.3 is 9.84 Å². The molecule has 4 nitrogen and oxygen atoms in total. The minimum absolute atomic E-state index is 0.134. The number of phenols is 1. The largest absolute Gasteiger partial charge is 0.508 e. The average molecular weight is 411 g/mol. The van der Waals surface area contributed by atoms with Crippen LogP contribution in [-0.2, 0) is 0 Å². The summed E-state index contributed by atoms with van der Waals surface area (Å²) in [6, 6.07) is 18.8. The van der Waals surface area contributed by atoms with E-state index < -0.39 is 6.17 Å². The Kier molecular flexibility index (Phi) is 5.51. The number of ether oxygens (including phenoxy) is 1. The maximum absolute atomic E-state index is 14.5. The van der Waals surface area contributed by atoms with Gasteiger partial charge in [0.15, 0.2) is 0 Å². The van der Waals surface area contributed by atoms with Gasteiger partial charge in [0.05, 0.1) is 7.11 Å². The van der Waals surface area contributed by atoms with Crippen molar-refractivity contribution in [3.05, 3.63) is 94.3 Å². The van der Waals surface area contributed by atoms with Gasteiger partial charge in [-0.1, -0.05) is 29.8 Å². The highest BCUT2D eigenvalue weighted by atomic mass is 35.5. The van der Waals surface area contributed by atoms with Crippen molar-refractivity contribution in [2.24, 2.45) is 4.99 Å². The van der Waals surface area contributed by atoms with Crippen LogP contribution in [0.4, 0.5) is 4.39 Å². The number of hydrogen-bond donors (Lipinski definition) is 2. The summed E-state index contributed by atoms with van der Waals surface area (Å²) in [6.07, 6.45) is -0.0732. The van der Waals surface area contributed by atoms with E-state index in [0.29, 0.717) is 22.6 Å². The van der Waals surface area contributed by atoms with Crippen LogP contribution >= 0.6 is 11.6 Å². The van der Waals surface area contributed by atoms with E-state index in [4.69, 9.17) is 21.3 Å². The molecule has 1 aliphatic rings. The van der Waals surface area contributed by atoms with Gasteiger partial charge in [-0.25, -0.2) is 4.39 Å². The summed E-state index contributed by atoms with van der Waals surface area (Å²) in [4.78, 5) is 4.78. The van der Waals surface area contributed by atoms with E-state index in [1.54, 1.807) is 43.5 Å². The lowest BCUT2D eigenvalue weighted by molar-refractivity contribution is 0.405. The normalized spacial score (nSPS) is 18.9. The summed E-state index contributed by atoms with van der Waals surface area (Å²) in [5.74, 6) is 0.548. The number of nitrogens with one attached hydrogen (secondary N) is 1. The van der Waals surface area contributed by atoms with Crippen LogP contribution in [-0.4, -0.2) is 17.9 Å². The fourth-order valence-electron chi connectivity index (χ4n) is 3.52. The number of benzene rings is 3. The third kappa shape index (κ3) is 4.11. The van der Waals surface area contributed by atoms with E-state index in [1.165, 1.54) is 6.07 Å². The fourth-order valence-corrected chi connectivity index (χ4v) is 3.71. The Morgan fingerprint density at radius 1 is 1.07 bits per heavy atom. The van der Waals surface area contributed by atoms with Gasteiger partial charge in [-0.15, -0.1) is 0 Å². The van der Waals surface area contributed by atoms with E-state index in [-0.39, 0.29) is 17.6 Å². The van der Waals surface area contributed by atoms with Crippen LogP contribution in [0.2, 0.25) is 5.02 Å². The summed E-state index contributed by atoms with van der Waals surface area (Å²) in [5, 5.41) is 14.3. The predicted octanol–water partition coefficient (Wildman–Crippen LogP) is 5.42. The SMILES string of the molecule is COc1ccc(C2=N[C@H](c3ccccc3F)N[C@H](c3cc(Cl)ccc3O)C2)cc1. The summed E-state index contributed by atoms with van der Waals surface area (Å²) < 4.78 is 19.7. The monoisotopic (exact) mass is 410 g/mol. The van der Waals surface area contributed by atoms with Crippen molar-refractivity contribution < 1.29 is 14.2 Å². The van der Waals surface area contributed by atoms with E-state index >= 15 is 0 Å². The molecule has 0 spiro atoms. The molecule has 0 radical (unpaired) electrons. The maximum atomic E-state index is 14.5. The van der Waals surface area contributed by atoms with Gasteiger partial charge in [-0.3, -0.25) is 10.3 Å². The molecular formula is C23H20ClFN2O2. The highest BCUT2D eigenvalue weighted by Crippen LogP contribution is 2.36. The number of rotatable bonds is 4. The first-order chi connectivity index (χ1) is 14.0. The molecule has 4 rings (SSSR count). The third-order valence-corrected chi connectivity index (χ3v) is 5.26. The number of aromatic hydroxyl groups is 1. The summed E-state index contributed by atoms with van der Waals surface area (Å²) >= 11 is 6.16. The minimum atomic E-state index is -0.592. The van der Waals surface area contributed by atoms with Crippen molar-refractivity contribution >= 4 is 17.3 Å². The Morgan fingerprint density at radius 2 is 1.83 bits per heavy atom. The standard InChI is InChI=1S/C23H20ClFN2O2/c1-29-16-9-6-14(7-10-16)20-13-21(18-12-15(24)8-11-22(18)28)27-23(26-20)17-4-2-3-5-19(17)25/h2-12,21,23,27-28H,13H2,1H3/t21-,23-/m0/s1. The van der Waals surface area contributed by atoms with Crippen LogP contribution in [0.1, 0.15) is 35.3 Å². The van der Waals surface area contributed by atoms with Gasteiger partial charge in [-0.05, 0) is 54.1 Å². The average Bonchev–Trinajstić information content (AvgIpc) is 2.75.